The predicted octanol–water partition coefficient (Wildman–Crippen LogP) is 2.42. The Kier molecular flexibility index (Phi) is 7.19. The van der Waals surface area contributed by atoms with Gasteiger partial charge in [0.25, 0.3) is 0 Å². The molecule has 2 fully saturated rings. The standard InChI is InChI=1S/C23H32N6O3/c1-16(19-6-4-18(5-7-19)14-28-12-10-24-11-13-28)26-22-25-9-8-21(27-22)29-20(17(2)31-3)15-32-23(29)30/h4-9,16-17,20,24H,10-15H2,1-3H3,(H,25,26,27)/t16-,17-,20+/m0/s1. The summed E-state index contributed by atoms with van der Waals surface area (Å²) in [5.74, 6) is 0.959. The zero-order valence-electron chi connectivity index (χ0n) is 19.0. The fourth-order valence-electron chi connectivity index (χ4n) is 4.07. The Labute approximate surface area is 189 Å². The van der Waals surface area contributed by atoms with Crippen LogP contribution >= 0.6 is 0 Å². The molecule has 1 aromatic heterocycles. The van der Waals surface area contributed by atoms with E-state index in [1.54, 1.807) is 19.4 Å². The maximum absolute atomic E-state index is 12.3. The second-order valence-corrected chi connectivity index (χ2v) is 8.33. The number of benzene rings is 1. The summed E-state index contributed by atoms with van der Waals surface area (Å²) in [6.07, 6.45) is 1.05. The summed E-state index contributed by atoms with van der Waals surface area (Å²) >= 11 is 0. The highest BCUT2D eigenvalue weighted by atomic mass is 16.6. The van der Waals surface area contributed by atoms with E-state index in [9.17, 15) is 4.79 Å². The zero-order valence-corrected chi connectivity index (χ0v) is 19.0. The Balaban J connectivity index is 1.41. The lowest BCUT2D eigenvalue weighted by atomic mass is 10.1. The number of hydrogen-bond acceptors (Lipinski definition) is 8. The monoisotopic (exact) mass is 440 g/mol. The summed E-state index contributed by atoms with van der Waals surface area (Å²) in [5, 5.41) is 6.73. The number of nitrogens with one attached hydrogen (secondary N) is 2. The number of anilines is 2. The van der Waals surface area contributed by atoms with Crippen molar-refractivity contribution in [2.75, 3.05) is 50.1 Å². The van der Waals surface area contributed by atoms with Crippen molar-refractivity contribution < 1.29 is 14.3 Å². The molecular weight excluding hydrogens is 408 g/mol. The van der Waals surface area contributed by atoms with Gasteiger partial charge in [-0.15, -0.1) is 0 Å². The van der Waals surface area contributed by atoms with Crippen molar-refractivity contribution in [3.05, 3.63) is 47.7 Å². The Morgan fingerprint density at radius 3 is 2.69 bits per heavy atom. The van der Waals surface area contributed by atoms with Gasteiger partial charge in [0.1, 0.15) is 18.5 Å². The van der Waals surface area contributed by atoms with Gasteiger partial charge in [-0.1, -0.05) is 24.3 Å². The number of cyclic esters (lactones) is 1. The maximum Gasteiger partial charge on any atom is 0.416 e. The summed E-state index contributed by atoms with van der Waals surface area (Å²) in [4.78, 5) is 25.2. The van der Waals surface area contributed by atoms with Crippen LogP contribution in [0.2, 0.25) is 0 Å². The lowest BCUT2D eigenvalue weighted by Crippen LogP contribution is -2.42. The molecule has 0 aliphatic carbocycles. The number of carbonyl (C=O) groups excluding carboxylic acids is 1. The van der Waals surface area contributed by atoms with Gasteiger partial charge in [-0.25, -0.2) is 9.78 Å². The smallest absolute Gasteiger partial charge is 0.416 e. The first kappa shape index (κ1) is 22.4. The van der Waals surface area contributed by atoms with E-state index in [1.165, 1.54) is 10.5 Å². The number of rotatable bonds is 8. The van der Waals surface area contributed by atoms with Crippen LogP contribution in [0, 0.1) is 0 Å². The minimum Gasteiger partial charge on any atom is -0.447 e. The first-order valence-corrected chi connectivity index (χ1v) is 11.2. The largest absolute Gasteiger partial charge is 0.447 e. The van der Waals surface area contributed by atoms with Crippen LogP contribution in [0.1, 0.15) is 31.0 Å². The Morgan fingerprint density at radius 2 is 1.97 bits per heavy atom. The molecule has 0 spiro atoms. The Bertz CT molecular complexity index is 903. The van der Waals surface area contributed by atoms with Gasteiger partial charge in [-0.3, -0.25) is 9.80 Å². The van der Waals surface area contributed by atoms with E-state index < -0.39 is 6.09 Å². The molecule has 1 aromatic carbocycles. The van der Waals surface area contributed by atoms with Crippen LogP contribution in [0.15, 0.2) is 36.5 Å². The quantitative estimate of drug-likeness (QED) is 0.647. The van der Waals surface area contributed by atoms with Crippen molar-refractivity contribution >= 4 is 17.9 Å². The fourth-order valence-corrected chi connectivity index (χ4v) is 4.07. The molecule has 2 aliphatic rings. The van der Waals surface area contributed by atoms with Crippen LogP contribution in [-0.4, -0.2) is 73.0 Å². The van der Waals surface area contributed by atoms with Gasteiger partial charge in [0.15, 0.2) is 0 Å². The molecule has 3 heterocycles. The van der Waals surface area contributed by atoms with Crippen molar-refractivity contribution in [3.8, 4) is 0 Å². The van der Waals surface area contributed by atoms with Crippen LogP contribution in [0.5, 0.6) is 0 Å². The molecule has 3 atom stereocenters. The van der Waals surface area contributed by atoms with Crippen LogP contribution in [-0.2, 0) is 16.0 Å². The fraction of sp³-hybridized carbons (Fsp3) is 0.522. The van der Waals surface area contributed by atoms with Gasteiger partial charge in [0.2, 0.25) is 5.95 Å². The normalized spacial score (nSPS) is 21.3. The van der Waals surface area contributed by atoms with E-state index in [4.69, 9.17) is 9.47 Å². The average molecular weight is 441 g/mol. The average Bonchev–Trinajstić information content (AvgIpc) is 3.21. The lowest BCUT2D eigenvalue weighted by molar-refractivity contribution is 0.0881. The topological polar surface area (TPSA) is 91.9 Å². The van der Waals surface area contributed by atoms with E-state index in [2.05, 4.69) is 56.7 Å². The molecule has 0 saturated carbocycles. The maximum atomic E-state index is 12.3. The number of hydrogen-bond donors (Lipinski definition) is 2. The number of methoxy groups -OCH3 is 1. The molecule has 9 heteroatoms. The number of piperazine rings is 1. The third kappa shape index (κ3) is 5.17. The van der Waals surface area contributed by atoms with Crippen LogP contribution in [0.4, 0.5) is 16.6 Å². The third-order valence-corrected chi connectivity index (χ3v) is 6.15. The van der Waals surface area contributed by atoms with E-state index in [-0.39, 0.29) is 24.8 Å². The molecular formula is C23H32N6O3. The van der Waals surface area contributed by atoms with Crippen LogP contribution in [0.25, 0.3) is 0 Å². The predicted molar refractivity (Wildman–Crippen MR) is 123 cm³/mol. The van der Waals surface area contributed by atoms with Crippen molar-refractivity contribution in [3.63, 3.8) is 0 Å². The summed E-state index contributed by atoms with van der Waals surface area (Å²) < 4.78 is 10.6. The van der Waals surface area contributed by atoms with E-state index >= 15 is 0 Å². The molecule has 2 aromatic rings. The number of nitrogens with zero attached hydrogens (tertiary/aromatic N) is 4. The number of ether oxygens (including phenoxy) is 2. The molecule has 4 rings (SSSR count). The first-order valence-electron chi connectivity index (χ1n) is 11.2. The molecule has 2 N–H and O–H groups in total. The highest BCUT2D eigenvalue weighted by Crippen LogP contribution is 2.25. The molecule has 2 saturated heterocycles. The second-order valence-electron chi connectivity index (χ2n) is 8.33. The molecule has 0 bridgehead atoms. The third-order valence-electron chi connectivity index (χ3n) is 6.15. The number of aromatic nitrogens is 2. The minimum atomic E-state index is -0.420. The molecule has 0 radical (unpaired) electrons. The molecule has 9 nitrogen and oxygen atoms in total. The van der Waals surface area contributed by atoms with Gasteiger partial charge in [0, 0.05) is 46.0 Å². The SMILES string of the molecule is CO[C@@H](C)[C@H]1COC(=O)N1c1ccnc(N[C@@H](C)c2ccc(CN3CCNCC3)cc2)n1. The molecule has 32 heavy (non-hydrogen) atoms. The summed E-state index contributed by atoms with van der Waals surface area (Å²) in [5.41, 5.74) is 2.46. The first-order chi connectivity index (χ1) is 15.5. The van der Waals surface area contributed by atoms with Crippen molar-refractivity contribution in [2.24, 2.45) is 0 Å². The highest BCUT2D eigenvalue weighted by molar-refractivity contribution is 5.89. The highest BCUT2D eigenvalue weighted by Gasteiger charge is 2.39. The summed E-state index contributed by atoms with van der Waals surface area (Å²) in [7, 11) is 1.62. The molecule has 2 aliphatic heterocycles. The molecule has 172 valence electrons. The van der Waals surface area contributed by atoms with Crippen molar-refractivity contribution in [2.45, 2.75) is 38.6 Å². The number of amides is 1. The Hall–Kier alpha value is -2.75. The zero-order chi connectivity index (χ0) is 22.5. The Morgan fingerprint density at radius 1 is 1.22 bits per heavy atom. The van der Waals surface area contributed by atoms with Crippen LogP contribution < -0.4 is 15.5 Å². The van der Waals surface area contributed by atoms with Crippen molar-refractivity contribution in [1.29, 1.82) is 0 Å². The van der Waals surface area contributed by atoms with Gasteiger partial charge < -0.3 is 20.1 Å². The lowest BCUT2D eigenvalue weighted by Gasteiger charge is -2.27. The molecule has 1 amide bonds. The summed E-state index contributed by atoms with van der Waals surface area (Å²) in [6.45, 7) is 9.51. The van der Waals surface area contributed by atoms with Gasteiger partial charge in [-0.05, 0) is 31.0 Å². The van der Waals surface area contributed by atoms with E-state index in [0.717, 1.165) is 38.3 Å². The van der Waals surface area contributed by atoms with Crippen LogP contribution in [0.3, 0.4) is 0 Å². The molecule has 0 unspecified atom stereocenters. The van der Waals surface area contributed by atoms with Gasteiger partial charge in [0.05, 0.1) is 12.1 Å². The van der Waals surface area contributed by atoms with Crippen molar-refractivity contribution in [1.82, 2.24) is 20.2 Å². The summed E-state index contributed by atoms with van der Waals surface area (Å²) in [6, 6.07) is 10.2. The minimum absolute atomic E-state index is 0.0118. The number of carbonyl (C=O) groups is 1. The van der Waals surface area contributed by atoms with Gasteiger partial charge >= 0.3 is 6.09 Å². The second kappa shape index (κ2) is 10.2. The van der Waals surface area contributed by atoms with E-state index in [1.807, 2.05) is 6.92 Å². The van der Waals surface area contributed by atoms with Gasteiger partial charge in [-0.2, -0.15) is 4.98 Å². The van der Waals surface area contributed by atoms with E-state index in [0.29, 0.717) is 11.8 Å².